The summed E-state index contributed by atoms with van der Waals surface area (Å²) in [6.45, 7) is 7.40. The molecule has 0 spiro atoms. The number of hydrogen-bond acceptors (Lipinski definition) is 5. The molecule has 2 amide bonds. The number of benzene rings is 1. The van der Waals surface area contributed by atoms with E-state index in [1.807, 2.05) is 0 Å². The summed E-state index contributed by atoms with van der Waals surface area (Å²) in [5, 5.41) is 5.22. The number of carbonyl (C=O) groups excluding carboxylic acids is 2. The van der Waals surface area contributed by atoms with Crippen LogP contribution in [0.25, 0.3) is 11.5 Å². The number of alkyl carbamates (subject to hydrolysis) is 1. The first-order valence-electron chi connectivity index (χ1n) is 7.52. The molecule has 2 aromatic rings. The van der Waals surface area contributed by atoms with Crippen LogP contribution in [0.5, 0.6) is 0 Å². The van der Waals surface area contributed by atoms with Gasteiger partial charge < -0.3 is 19.8 Å². The van der Waals surface area contributed by atoms with Crippen molar-refractivity contribution in [3.8, 4) is 11.5 Å². The minimum Gasteiger partial charge on any atom is -0.444 e. The Morgan fingerprint density at radius 3 is 2.54 bits per heavy atom. The van der Waals surface area contributed by atoms with Crippen molar-refractivity contribution in [1.29, 1.82) is 0 Å². The summed E-state index contributed by atoms with van der Waals surface area (Å²) >= 11 is 0. The summed E-state index contributed by atoms with van der Waals surface area (Å²) in [5.74, 6) is 1.07. The topological polar surface area (TPSA) is 93.5 Å². The van der Waals surface area contributed by atoms with Gasteiger partial charge in [0.05, 0.1) is 6.54 Å². The quantitative estimate of drug-likeness (QED) is 0.820. The Balaban J connectivity index is 2.04. The predicted octanol–water partition coefficient (Wildman–Crippen LogP) is 3.24. The highest BCUT2D eigenvalue weighted by molar-refractivity contribution is 5.72. The van der Waals surface area contributed by atoms with Crippen LogP contribution in [0.3, 0.4) is 0 Å². The van der Waals surface area contributed by atoms with Gasteiger partial charge in [-0.25, -0.2) is 9.78 Å². The molecular weight excluding hydrogens is 310 g/mol. The standard InChI is InChI=1S/C17H21N3O4/c1-11-14(9-18-16(22)24-17(2,3)4)20-15(23-11)12-5-7-13(8-6-12)19-10-21/h5-8,10H,9H2,1-4H3,(H,18,22)(H,19,21). The Hall–Kier alpha value is -2.83. The summed E-state index contributed by atoms with van der Waals surface area (Å²) in [7, 11) is 0. The molecular formula is C17H21N3O4. The number of nitrogens with zero attached hydrogens (tertiary/aromatic N) is 1. The highest BCUT2D eigenvalue weighted by atomic mass is 16.6. The molecule has 7 nitrogen and oxygen atoms in total. The summed E-state index contributed by atoms with van der Waals surface area (Å²) in [6.07, 6.45) is 0.112. The number of rotatable bonds is 5. The minimum atomic E-state index is -0.550. The van der Waals surface area contributed by atoms with Gasteiger partial charge in [-0.05, 0) is 52.0 Å². The van der Waals surface area contributed by atoms with E-state index in [4.69, 9.17) is 9.15 Å². The van der Waals surface area contributed by atoms with Gasteiger partial charge in [-0.2, -0.15) is 0 Å². The average molecular weight is 331 g/mol. The van der Waals surface area contributed by atoms with Crippen LogP contribution >= 0.6 is 0 Å². The van der Waals surface area contributed by atoms with Gasteiger partial charge in [0.2, 0.25) is 12.3 Å². The predicted molar refractivity (Wildman–Crippen MR) is 89.4 cm³/mol. The highest BCUT2D eigenvalue weighted by Crippen LogP contribution is 2.23. The number of aryl methyl sites for hydroxylation is 1. The summed E-state index contributed by atoms with van der Waals surface area (Å²) in [5.41, 5.74) is 1.54. The molecule has 0 saturated carbocycles. The van der Waals surface area contributed by atoms with E-state index in [1.165, 1.54) is 0 Å². The van der Waals surface area contributed by atoms with Gasteiger partial charge in [0.1, 0.15) is 17.1 Å². The van der Waals surface area contributed by atoms with Crippen LogP contribution in [-0.4, -0.2) is 23.1 Å². The van der Waals surface area contributed by atoms with Gasteiger partial charge in [0.15, 0.2) is 0 Å². The van der Waals surface area contributed by atoms with Crippen molar-refractivity contribution in [2.45, 2.75) is 39.8 Å². The molecule has 0 bridgehead atoms. The van der Waals surface area contributed by atoms with E-state index in [-0.39, 0.29) is 6.54 Å². The first-order valence-corrected chi connectivity index (χ1v) is 7.52. The zero-order chi connectivity index (χ0) is 17.7. The van der Waals surface area contributed by atoms with Gasteiger partial charge >= 0.3 is 6.09 Å². The van der Waals surface area contributed by atoms with Crippen LogP contribution in [0.15, 0.2) is 28.7 Å². The van der Waals surface area contributed by atoms with Crippen molar-refractivity contribution in [2.24, 2.45) is 0 Å². The lowest BCUT2D eigenvalue weighted by atomic mass is 10.2. The van der Waals surface area contributed by atoms with Crippen molar-refractivity contribution in [1.82, 2.24) is 10.3 Å². The fourth-order valence-corrected chi connectivity index (χ4v) is 1.96. The van der Waals surface area contributed by atoms with E-state index in [1.54, 1.807) is 52.0 Å². The van der Waals surface area contributed by atoms with E-state index in [2.05, 4.69) is 15.6 Å². The van der Waals surface area contributed by atoms with Gasteiger partial charge in [0, 0.05) is 11.3 Å². The number of hydrogen-bond donors (Lipinski definition) is 2. The lowest BCUT2D eigenvalue weighted by molar-refractivity contribution is -0.105. The largest absolute Gasteiger partial charge is 0.444 e. The average Bonchev–Trinajstić information content (AvgIpc) is 2.86. The molecule has 2 rings (SSSR count). The molecule has 0 radical (unpaired) electrons. The van der Waals surface area contributed by atoms with Crippen molar-refractivity contribution >= 4 is 18.2 Å². The normalized spacial score (nSPS) is 11.0. The Morgan fingerprint density at radius 1 is 1.29 bits per heavy atom. The van der Waals surface area contributed by atoms with E-state index in [9.17, 15) is 9.59 Å². The lowest BCUT2D eigenvalue weighted by Crippen LogP contribution is -2.32. The third kappa shape index (κ3) is 4.84. The van der Waals surface area contributed by atoms with Crippen LogP contribution in [0.2, 0.25) is 0 Å². The number of nitrogens with one attached hydrogen (secondary N) is 2. The number of anilines is 1. The SMILES string of the molecule is Cc1oc(-c2ccc(NC=O)cc2)nc1CNC(=O)OC(C)(C)C. The molecule has 2 N–H and O–H groups in total. The molecule has 0 aliphatic heterocycles. The molecule has 128 valence electrons. The lowest BCUT2D eigenvalue weighted by Gasteiger charge is -2.19. The maximum atomic E-state index is 11.7. The van der Waals surface area contributed by atoms with Crippen LogP contribution in [0, 0.1) is 6.92 Å². The molecule has 0 atom stereocenters. The minimum absolute atomic E-state index is 0.217. The maximum Gasteiger partial charge on any atom is 0.407 e. The Morgan fingerprint density at radius 2 is 1.96 bits per heavy atom. The number of aromatic nitrogens is 1. The van der Waals surface area contributed by atoms with Crippen LogP contribution < -0.4 is 10.6 Å². The summed E-state index contributed by atoms with van der Waals surface area (Å²) < 4.78 is 10.8. The fraction of sp³-hybridized carbons (Fsp3) is 0.353. The molecule has 1 heterocycles. The van der Waals surface area contributed by atoms with Crippen molar-refractivity contribution in [3.05, 3.63) is 35.7 Å². The molecule has 1 aromatic carbocycles. The zero-order valence-electron chi connectivity index (χ0n) is 14.2. The molecule has 0 aliphatic rings. The first-order chi connectivity index (χ1) is 11.3. The third-order valence-corrected chi connectivity index (χ3v) is 3.05. The third-order valence-electron chi connectivity index (χ3n) is 3.05. The Labute approximate surface area is 140 Å². The van der Waals surface area contributed by atoms with Crippen molar-refractivity contribution in [3.63, 3.8) is 0 Å². The van der Waals surface area contributed by atoms with Gasteiger partial charge in [-0.1, -0.05) is 0 Å². The van der Waals surface area contributed by atoms with E-state index >= 15 is 0 Å². The second-order valence-corrected chi connectivity index (χ2v) is 6.22. The van der Waals surface area contributed by atoms with Crippen LogP contribution in [0.4, 0.5) is 10.5 Å². The second kappa shape index (κ2) is 7.16. The zero-order valence-corrected chi connectivity index (χ0v) is 14.2. The number of amides is 2. The van der Waals surface area contributed by atoms with E-state index < -0.39 is 11.7 Å². The summed E-state index contributed by atoms with van der Waals surface area (Å²) in [6, 6.07) is 7.09. The van der Waals surface area contributed by atoms with Gasteiger partial charge in [-0.3, -0.25) is 4.79 Å². The second-order valence-electron chi connectivity index (χ2n) is 6.22. The van der Waals surface area contributed by atoms with Crippen LogP contribution in [0.1, 0.15) is 32.2 Å². The highest BCUT2D eigenvalue weighted by Gasteiger charge is 2.17. The molecule has 0 aliphatic carbocycles. The molecule has 0 fully saturated rings. The van der Waals surface area contributed by atoms with E-state index in [0.717, 1.165) is 5.56 Å². The first kappa shape index (κ1) is 17.5. The molecule has 7 heteroatoms. The van der Waals surface area contributed by atoms with Crippen LogP contribution in [-0.2, 0) is 16.1 Å². The van der Waals surface area contributed by atoms with Crippen molar-refractivity contribution in [2.75, 3.05) is 5.32 Å². The fourth-order valence-electron chi connectivity index (χ4n) is 1.96. The number of ether oxygens (including phenoxy) is 1. The molecule has 1 aromatic heterocycles. The maximum absolute atomic E-state index is 11.7. The molecule has 0 unspecified atom stereocenters. The van der Waals surface area contributed by atoms with Gasteiger partial charge in [0.25, 0.3) is 0 Å². The van der Waals surface area contributed by atoms with Gasteiger partial charge in [-0.15, -0.1) is 0 Å². The Kier molecular flexibility index (Phi) is 5.23. The van der Waals surface area contributed by atoms with Crippen molar-refractivity contribution < 1.29 is 18.7 Å². The number of carbonyl (C=O) groups is 2. The van der Waals surface area contributed by atoms with E-state index in [0.29, 0.717) is 29.4 Å². The monoisotopic (exact) mass is 331 g/mol. The smallest absolute Gasteiger partial charge is 0.407 e. The molecule has 24 heavy (non-hydrogen) atoms. The summed E-state index contributed by atoms with van der Waals surface area (Å²) in [4.78, 5) is 26.5. The Bertz CT molecular complexity index is 714. The number of oxazole rings is 1. The molecule has 0 saturated heterocycles.